The Morgan fingerprint density at radius 3 is 2.50 bits per heavy atom. The Morgan fingerprint density at radius 2 is 2.00 bits per heavy atom. The number of nitro benzene ring substituents is 1. The van der Waals surface area contributed by atoms with Crippen LogP contribution in [0, 0.1) is 21.7 Å². The van der Waals surface area contributed by atoms with Crippen LogP contribution in [0.1, 0.15) is 11.7 Å². The van der Waals surface area contributed by atoms with Crippen LogP contribution in [0.15, 0.2) is 12.1 Å². The third kappa shape index (κ3) is 1.44. The van der Waals surface area contributed by atoms with Crippen LogP contribution >= 0.6 is 0 Å². The smallest absolute Gasteiger partial charge is 0.278 e. The number of ether oxygens (including phenoxy) is 1. The molecule has 0 aliphatic carbocycles. The van der Waals surface area contributed by atoms with Crippen molar-refractivity contribution in [1.29, 1.82) is 0 Å². The molecular weight excluding hydrogens is 196 g/mol. The first-order valence-electron chi connectivity index (χ1n) is 3.84. The lowest BCUT2D eigenvalue weighted by Gasteiger charge is -1.99. The van der Waals surface area contributed by atoms with Gasteiger partial charge >= 0.3 is 0 Å². The monoisotopic (exact) mass is 201 g/mol. The molecule has 6 heteroatoms. The van der Waals surface area contributed by atoms with Crippen LogP contribution in [0.5, 0.6) is 0 Å². The minimum Gasteiger partial charge on any atom is -0.368 e. The molecule has 1 heterocycles. The van der Waals surface area contributed by atoms with Crippen LogP contribution in [0.4, 0.5) is 14.5 Å². The highest BCUT2D eigenvalue weighted by molar-refractivity contribution is 5.43. The molecule has 1 atom stereocenters. The van der Waals surface area contributed by atoms with E-state index in [1.165, 1.54) is 0 Å². The van der Waals surface area contributed by atoms with Gasteiger partial charge in [0.25, 0.3) is 5.69 Å². The van der Waals surface area contributed by atoms with Gasteiger partial charge in [0, 0.05) is 0 Å². The average Bonchev–Trinajstić information content (AvgIpc) is 2.91. The number of hydrogen-bond donors (Lipinski definition) is 0. The number of benzene rings is 1. The van der Waals surface area contributed by atoms with Gasteiger partial charge in [-0.3, -0.25) is 10.1 Å². The molecule has 1 saturated heterocycles. The molecule has 0 aromatic heterocycles. The molecule has 0 saturated carbocycles. The van der Waals surface area contributed by atoms with Crippen LogP contribution in [-0.2, 0) is 4.74 Å². The van der Waals surface area contributed by atoms with Crippen molar-refractivity contribution in [3.63, 3.8) is 0 Å². The molecule has 74 valence electrons. The van der Waals surface area contributed by atoms with E-state index in [9.17, 15) is 18.9 Å². The van der Waals surface area contributed by atoms with Crippen LogP contribution in [0.3, 0.4) is 0 Å². The van der Waals surface area contributed by atoms with Crippen LogP contribution in [0.2, 0.25) is 0 Å². The van der Waals surface area contributed by atoms with E-state index in [0.717, 1.165) is 6.07 Å². The zero-order valence-corrected chi connectivity index (χ0v) is 6.87. The molecule has 4 nitrogen and oxygen atoms in total. The Bertz CT molecular complexity index is 404. The Labute approximate surface area is 77.3 Å². The number of nitrogens with zero attached hydrogens (tertiary/aromatic N) is 1. The summed E-state index contributed by atoms with van der Waals surface area (Å²) in [6.07, 6.45) is -0.467. The normalized spacial score (nSPS) is 19.4. The Kier molecular flexibility index (Phi) is 1.92. The highest BCUT2D eigenvalue weighted by Crippen LogP contribution is 2.37. The molecule has 2 rings (SSSR count). The van der Waals surface area contributed by atoms with Gasteiger partial charge < -0.3 is 4.74 Å². The van der Waals surface area contributed by atoms with Crippen molar-refractivity contribution < 1.29 is 18.4 Å². The van der Waals surface area contributed by atoms with E-state index in [4.69, 9.17) is 4.74 Å². The predicted octanol–water partition coefficient (Wildman–Crippen LogP) is 1.94. The van der Waals surface area contributed by atoms with Gasteiger partial charge in [0.05, 0.1) is 23.2 Å². The van der Waals surface area contributed by atoms with Gasteiger partial charge in [-0.05, 0) is 6.07 Å². The van der Waals surface area contributed by atoms with E-state index in [-0.39, 0.29) is 5.56 Å². The first kappa shape index (κ1) is 9.01. The highest BCUT2D eigenvalue weighted by Gasteiger charge is 2.33. The fourth-order valence-corrected chi connectivity index (χ4v) is 1.20. The maximum Gasteiger partial charge on any atom is 0.278 e. The molecule has 0 N–H and O–H groups in total. The number of nitro groups is 1. The van der Waals surface area contributed by atoms with Crippen molar-refractivity contribution in [2.75, 3.05) is 6.61 Å². The Morgan fingerprint density at radius 1 is 1.43 bits per heavy atom. The summed E-state index contributed by atoms with van der Waals surface area (Å²) >= 11 is 0. The molecule has 0 bridgehead atoms. The van der Waals surface area contributed by atoms with Gasteiger partial charge in [0.1, 0.15) is 6.10 Å². The largest absolute Gasteiger partial charge is 0.368 e. The first-order valence-corrected chi connectivity index (χ1v) is 3.84. The summed E-state index contributed by atoms with van der Waals surface area (Å²) in [6.45, 7) is 0.311. The van der Waals surface area contributed by atoms with Crippen molar-refractivity contribution in [2.24, 2.45) is 0 Å². The molecule has 1 aliphatic heterocycles. The zero-order valence-electron chi connectivity index (χ0n) is 6.87. The summed E-state index contributed by atoms with van der Waals surface area (Å²) in [5, 5.41) is 10.5. The van der Waals surface area contributed by atoms with E-state index < -0.39 is 28.3 Å². The van der Waals surface area contributed by atoms with Crippen LogP contribution in [0.25, 0.3) is 0 Å². The summed E-state index contributed by atoms with van der Waals surface area (Å²) in [4.78, 5) is 9.73. The van der Waals surface area contributed by atoms with Crippen LogP contribution in [-0.4, -0.2) is 11.5 Å². The fraction of sp³-hybridized carbons (Fsp3) is 0.250. The number of halogens is 2. The minimum atomic E-state index is -1.22. The van der Waals surface area contributed by atoms with E-state index >= 15 is 0 Å². The molecule has 14 heavy (non-hydrogen) atoms. The van der Waals surface area contributed by atoms with E-state index in [1.54, 1.807) is 0 Å². The summed E-state index contributed by atoms with van der Waals surface area (Å²) < 4.78 is 30.2. The molecule has 1 fully saturated rings. The second kappa shape index (κ2) is 2.98. The van der Waals surface area contributed by atoms with Gasteiger partial charge in [-0.2, -0.15) is 0 Å². The molecule has 1 aromatic carbocycles. The molecule has 1 aromatic rings. The fourth-order valence-electron chi connectivity index (χ4n) is 1.20. The molecule has 0 amide bonds. The molecule has 0 spiro atoms. The minimum absolute atomic E-state index is 0.0916. The Hall–Kier alpha value is -1.56. The third-order valence-electron chi connectivity index (χ3n) is 1.95. The predicted molar refractivity (Wildman–Crippen MR) is 41.7 cm³/mol. The van der Waals surface area contributed by atoms with E-state index in [0.29, 0.717) is 12.7 Å². The maximum atomic E-state index is 12.8. The van der Waals surface area contributed by atoms with Crippen molar-refractivity contribution in [3.8, 4) is 0 Å². The topological polar surface area (TPSA) is 55.7 Å². The van der Waals surface area contributed by atoms with Crippen molar-refractivity contribution in [1.82, 2.24) is 0 Å². The number of epoxide rings is 1. The lowest BCUT2D eigenvalue weighted by atomic mass is 10.1. The molecular formula is C8H5F2NO3. The summed E-state index contributed by atoms with van der Waals surface area (Å²) in [5.41, 5.74) is -0.347. The van der Waals surface area contributed by atoms with Crippen molar-refractivity contribution in [2.45, 2.75) is 6.10 Å². The second-order valence-electron chi connectivity index (χ2n) is 2.90. The summed E-state index contributed by atoms with van der Waals surface area (Å²) in [5.74, 6) is -2.32. The molecule has 1 aliphatic rings. The standard InChI is InChI=1S/C8H5F2NO3/c9-5-1-4(8-3-14-8)7(11(12)13)2-6(5)10/h1-2,8H,3H2/t8-/m1/s1. The second-order valence-corrected chi connectivity index (χ2v) is 2.90. The molecule has 0 radical (unpaired) electrons. The molecule has 0 unspecified atom stereocenters. The highest BCUT2D eigenvalue weighted by atomic mass is 19.2. The number of rotatable bonds is 2. The summed E-state index contributed by atoms with van der Waals surface area (Å²) in [6, 6.07) is 1.39. The lowest BCUT2D eigenvalue weighted by Crippen LogP contribution is -1.98. The van der Waals surface area contributed by atoms with Gasteiger partial charge in [0.15, 0.2) is 11.6 Å². The average molecular weight is 201 g/mol. The van der Waals surface area contributed by atoms with Gasteiger partial charge in [-0.25, -0.2) is 8.78 Å². The van der Waals surface area contributed by atoms with E-state index in [1.807, 2.05) is 0 Å². The third-order valence-corrected chi connectivity index (χ3v) is 1.95. The van der Waals surface area contributed by atoms with Gasteiger partial charge in [-0.1, -0.05) is 0 Å². The van der Waals surface area contributed by atoms with Crippen molar-refractivity contribution in [3.05, 3.63) is 39.4 Å². The maximum absolute atomic E-state index is 12.8. The van der Waals surface area contributed by atoms with Gasteiger partial charge in [0.2, 0.25) is 0 Å². The van der Waals surface area contributed by atoms with Gasteiger partial charge in [-0.15, -0.1) is 0 Å². The number of hydrogen-bond acceptors (Lipinski definition) is 3. The SMILES string of the molecule is O=[N+]([O-])c1cc(F)c(F)cc1[C@H]1CO1. The quantitative estimate of drug-likeness (QED) is 0.417. The lowest BCUT2D eigenvalue weighted by molar-refractivity contribution is -0.385. The first-order chi connectivity index (χ1) is 6.59. The van der Waals surface area contributed by atoms with Crippen molar-refractivity contribution >= 4 is 5.69 Å². The Balaban J connectivity index is 2.54. The van der Waals surface area contributed by atoms with Crippen LogP contribution < -0.4 is 0 Å². The van der Waals surface area contributed by atoms with E-state index in [2.05, 4.69) is 0 Å². The zero-order chi connectivity index (χ0) is 10.3. The summed E-state index contributed by atoms with van der Waals surface area (Å²) in [7, 11) is 0.